The summed E-state index contributed by atoms with van der Waals surface area (Å²) in [6.07, 6.45) is 5.70. The maximum Gasteiger partial charge on any atom is 0.323 e. The van der Waals surface area contributed by atoms with Crippen LogP contribution in [0.1, 0.15) is 46.0 Å². The summed E-state index contributed by atoms with van der Waals surface area (Å²) in [5.74, 6) is -0.998. The van der Waals surface area contributed by atoms with Crippen molar-refractivity contribution in [3.05, 3.63) is 0 Å². The lowest BCUT2D eigenvalue weighted by Gasteiger charge is -2.27. The summed E-state index contributed by atoms with van der Waals surface area (Å²) >= 11 is 0. The van der Waals surface area contributed by atoms with Crippen LogP contribution in [0, 0.1) is 0 Å². The third-order valence-electron chi connectivity index (χ3n) is 3.72. The Kier molecular flexibility index (Phi) is 7.36. The van der Waals surface area contributed by atoms with E-state index in [4.69, 9.17) is 9.84 Å². The molecule has 1 unspecified atom stereocenters. The van der Waals surface area contributed by atoms with Crippen molar-refractivity contribution in [2.75, 3.05) is 19.7 Å². The molecule has 1 fully saturated rings. The first-order valence-corrected chi connectivity index (χ1v) is 7.42. The minimum Gasteiger partial charge on any atom is -0.480 e. The molecule has 0 aromatic heterocycles. The van der Waals surface area contributed by atoms with Crippen molar-refractivity contribution < 1.29 is 19.4 Å². The molecular formula is C14H26N2O4. The van der Waals surface area contributed by atoms with Gasteiger partial charge in [-0.25, -0.2) is 4.79 Å². The van der Waals surface area contributed by atoms with Gasteiger partial charge in [0.2, 0.25) is 0 Å². The Morgan fingerprint density at radius 3 is 2.60 bits per heavy atom. The molecule has 1 aliphatic carbocycles. The number of nitrogens with zero attached hydrogens (tertiary/aromatic N) is 1. The number of carboxylic acid groups (broad SMARTS) is 1. The van der Waals surface area contributed by atoms with E-state index in [0.717, 1.165) is 19.3 Å². The zero-order valence-electron chi connectivity index (χ0n) is 12.4. The van der Waals surface area contributed by atoms with E-state index in [2.05, 4.69) is 5.32 Å². The van der Waals surface area contributed by atoms with Gasteiger partial charge >= 0.3 is 12.0 Å². The second kappa shape index (κ2) is 8.79. The molecule has 1 rings (SSSR count). The zero-order chi connectivity index (χ0) is 15.0. The summed E-state index contributed by atoms with van der Waals surface area (Å²) < 4.78 is 5.65. The molecule has 1 atom stereocenters. The second-order valence-electron chi connectivity index (χ2n) is 5.29. The Morgan fingerprint density at radius 2 is 2.05 bits per heavy atom. The second-order valence-corrected chi connectivity index (χ2v) is 5.29. The van der Waals surface area contributed by atoms with Crippen molar-refractivity contribution in [1.82, 2.24) is 10.2 Å². The number of hydrogen-bond donors (Lipinski definition) is 2. The molecule has 0 aromatic rings. The Balaban J connectivity index is 2.27. The molecule has 6 heteroatoms. The minimum atomic E-state index is -0.998. The number of urea groups is 1. The van der Waals surface area contributed by atoms with Gasteiger partial charge in [-0.1, -0.05) is 19.8 Å². The van der Waals surface area contributed by atoms with Crippen molar-refractivity contribution in [3.8, 4) is 0 Å². The van der Waals surface area contributed by atoms with Crippen molar-refractivity contribution in [1.29, 1.82) is 0 Å². The van der Waals surface area contributed by atoms with Crippen LogP contribution in [0.15, 0.2) is 0 Å². The number of carbonyl (C=O) groups is 2. The maximum atomic E-state index is 12.0. The highest BCUT2D eigenvalue weighted by molar-refractivity contribution is 5.80. The molecule has 1 aliphatic rings. The Bertz CT molecular complexity index is 316. The molecule has 1 saturated carbocycles. The van der Waals surface area contributed by atoms with Crippen LogP contribution in [-0.4, -0.2) is 53.8 Å². The van der Waals surface area contributed by atoms with Crippen molar-refractivity contribution in [3.63, 3.8) is 0 Å². The largest absolute Gasteiger partial charge is 0.480 e. The third kappa shape index (κ3) is 5.77. The van der Waals surface area contributed by atoms with E-state index in [1.807, 2.05) is 13.8 Å². The van der Waals surface area contributed by atoms with Crippen LogP contribution in [0.25, 0.3) is 0 Å². The molecule has 0 aromatic carbocycles. The van der Waals surface area contributed by atoms with E-state index in [9.17, 15) is 9.59 Å². The highest BCUT2D eigenvalue weighted by atomic mass is 16.5. The van der Waals surface area contributed by atoms with Crippen LogP contribution in [0.5, 0.6) is 0 Å². The Labute approximate surface area is 120 Å². The van der Waals surface area contributed by atoms with Gasteiger partial charge in [0.1, 0.15) is 6.54 Å². The normalized spacial score (nSPS) is 16.9. The monoisotopic (exact) mass is 286 g/mol. The minimum absolute atomic E-state index is 0.0955. The Morgan fingerprint density at radius 1 is 1.40 bits per heavy atom. The van der Waals surface area contributed by atoms with E-state index in [1.54, 1.807) is 0 Å². The van der Waals surface area contributed by atoms with Gasteiger partial charge in [0, 0.05) is 12.6 Å². The molecule has 2 amide bonds. The smallest absolute Gasteiger partial charge is 0.323 e. The number of aliphatic carboxylic acids is 1. The van der Waals surface area contributed by atoms with Gasteiger partial charge in [0.25, 0.3) is 0 Å². The first kappa shape index (κ1) is 16.8. The molecular weight excluding hydrogens is 260 g/mol. The van der Waals surface area contributed by atoms with E-state index in [0.29, 0.717) is 19.3 Å². The first-order chi connectivity index (χ1) is 9.54. The molecule has 6 nitrogen and oxygen atoms in total. The molecule has 2 N–H and O–H groups in total. The fourth-order valence-corrected chi connectivity index (χ4v) is 2.33. The number of hydrogen-bond acceptors (Lipinski definition) is 3. The van der Waals surface area contributed by atoms with Gasteiger partial charge in [-0.15, -0.1) is 0 Å². The summed E-state index contributed by atoms with van der Waals surface area (Å²) in [4.78, 5) is 24.1. The predicted octanol–water partition coefficient (Wildman–Crippen LogP) is 1.84. The van der Waals surface area contributed by atoms with Crippen LogP contribution >= 0.6 is 0 Å². The van der Waals surface area contributed by atoms with Crippen molar-refractivity contribution in [2.24, 2.45) is 0 Å². The van der Waals surface area contributed by atoms with Crippen molar-refractivity contribution in [2.45, 2.75) is 58.1 Å². The molecule has 0 saturated heterocycles. The van der Waals surface area contributed by atoms with E-state index < -0.39 is 5.97 Å². The van der Waals surface area contributed by atoms with Crippen LogP contribution in [0.4, 0.5) is 4.79 Å². The standard InChI is InChI=1S/C14H26N2O4/c1-3-11(2)16(10-13(17)18)14(19)15-8-9-20-12-6-4-5-7-12/h11-12H,3-10H2,1-2H3,(H,15,19)(H,17,18). The SMILES string of the molecule is CCC(C)N(CC(=O)O)C(=O)NCCOC1CCCC1. The van der Waals surface area contributed by atoms with Gasteiger partial charge in [-0.2, -0.15) is 0 Å². The van der Waals surface area contributed by atoms with Crippen LogP contribution in [0.2, 0.25) is 0 Å². The van der Waals surface area contributed by atoms with Gasteiger partial charge in [-0.05, 0) is 26.2 Å². The van der Waals surface area contributed by atoms with Crippen LogP contribution in [-0.2, 0) is 9.53 Å². The number of nitrogens with one attached hydrogen (secondary N) is 1. The molecule has 0 heterocycles. The quantitative estimate of drug-likeness (QED) is 0.667. The van der Waals surface area contributed by atoms with Crippen LogP contribution < -0.4 is 5.32 Å². The summed E-state index contributed by atoms with van der Waals surface area (Å²) in [5.41, 5.74) is 0. The number of carbonyl (C=O) groups excluding carboxylic acids is 1. The van der Waals surface area contributed by atoms with E-state index >= 15 is 0 Å². The topological polar surface area (TPSA) is 78.9 Å². The third-order valence-corrected chi connectivity index (χ3v) is 3.72. The number of rotatable bonds is 8. The van der Waals surface area contributed by atoms with Gasteiger partial charge in [-0.3, -0.25) is 4.79 Å². The van der Waals surface area contributed by atoms with Crippen LogP contribution in [0.3, 0.4) is 0 Å². The maximum absolute atomic E-state index is 12.0. The van der Waals surface area contributed by atoms with Gasteiger partial charge in [0.15, 0.2) is 0 Å². The molecule has 0 radical (unpaired) electrons. The lowest BCUT2D eigenvalue weighted by Crippen LogP contribution is -2.48. The van der Waals surface area contributed by atoms with Gasteiger partial charge < -0.3 is 20.1 Å². The fraction of sp³-hybridized carbons (Fsp3) is 0.857. The first-order valence-electron chi connectivity index (χ1n) is 7.42. The summed E-state index contributed by atoms with van der Waals surface area (Å²) in [7, 11) is 0. The fourth-order valence-electron chi connectivity index (χ4n) is 2.33. The van der Waals surface area contributed by atoms with Gasteiger partial charge in [0.05, 0.1) is 12.7 Å². The Hall–Kier alpha value is -1.30. The molecule has 0 aliphatic heterocycles. The number of ether oxygens (including phenoxy) is 1. The molecule has 0 bridgehead atoms. The highest BCUT2D eigenvalue weighted by Crippen LogP contribution is 2.20. The highest BCUT2D eigenvalue weighted by Gasteiger charge is 2.21. The molecule has 20 heavy (non-hydrogen) atoms. The summed E-state index contributed by atoms with van der Waals surface area (Å²) in [5, 5.41) is 11.6. The van der Waals surface area contributed by atoms with E-state index in [1.165, 1.54) is 17.7 Å². The average Bonchev–Trinajstić information content (AvgIpc) is 2.92. The summed E-state index contributed by atoms with van der Waals surface area (Å²) in [6, 6.07) is -0.432. The zero-order valence-corrected chi connectivity index (χ0v) is 12.4. The number of amides is 2. The van der Waals surface area contributed by atoms with Crippen molar-refractivity contribution >= 4 is 12.0 Å². The van der Waals surface area contributed by atoms with E-state index in [-0.39, 0.29) is 18.6 Å². The predicted molar refractivity (Wildman–Crippen MR) is 75.7 cm³/mol. The number of carboxylic acids is 1. The summed E-state index contributed by atoms with van der Waals surface area (Å²) in [6.45, 7) is 4.40. The average molecular weight is 286 g/mol. The lowest BCUT2D eigenvalue weighted by atomic mass is 10.2. The molecule has 0 spiro atoms. The molecule has 116 valence electrons. The lowest BCUT2D eigenvalue weighted by molar-refractivity contribution is -0.138.